The molecule has 24 heavy (non-hydrogen) atoms. The van der Waals surface area contributed by atoms with E-state index < -0.39 is 17.8 Å². The molecule has 0 bridgehead atoms. The van der Waals surface area contributed by atoms with Crippen LogP contribution in [-0.4, -0.2) is 29.8 Å². The predicted molar refractivity (Wildman–Crippen MR) is 87.2 cm³/mol. The van der Waals surface area contributed by atoms with Gasteiger partial charge in [-0.2, -0.15) is 0 Å². The highest BCUT2D eigenvalue weighted by Gasteiger charge is 2.32. The predicted octanol–water partition coefficient (Wildman–Crippen LogP) is 2.57. The third-order valence-corrected chi connectivity index (χ3v) is 3.47. The van der Waals surface area contributed by atoms with E-state index in [1.54, 1.807) is 24.3 Å². The minimum Gasteiger partial charge on any atom is -0.457 e. The molecule has 1 aliphatic heterocycles. The molecule has 2 aromatic carbocycles. The number of urea groups is 1. The summed E-state index contributed by atoms with van der Waals surface area (Å²) >= 11 is 0. The first-order valence-corrected chi connectivity index (χ1v) is 7.22. The number of nitrogens with zero attached hydrogens (tertiary/aromatic N) is 1. The smallest absolute Gasteiger partial charge is 0.331 e. The lowest BCUT2D eigenvalue weighted by Crippen LogP contribution is -2.52. The van der Waals surface area contributed by atoms with E-state index in [0.717, 1.165) is 4.90 Å². The molecular formula is C18H14N2O4. The molecule has 0 radical (unpaired) electrons. The largest absolute Gasteiger partial charge is 0.457 e. The number of barbiturate groups is 1. The lowest BCUT2D eigenvalue weighted by molar-refractivity contribution is -0.129. The van der Waals surface area contributed by atoms with Crippen molar-refractivity contribution >= 4 is 23.9 Å². The number of rotatable bonds is 3. The maximum absolute atomic E-state index is 12.0. The summed E-state index contributed by atoms with van der Waals surface area (Å²) in [5, 5.41) is 2.11. The Morgan fingerprint density at radius 1 is 0.917 bits per heavy atom. The number of nitrogens with one attached hydrogen (secondary N) is 1. The highest BCUT2D eigenvalue weighted by atomic mass is 16.5. The fourth-order valence-electron chi connectivity index (χ4n) is 2.17. The molecule has 6 heteroatoms. The number of benzene rings is 2. The van der Waals surface area contributed by atoms with Crippen LogP contribution < -0.4 is 10.1 Å². The van der Waals surface area contributed by atoms with Crippen molar-refractivity contribution in [2.75, 3.05) is 7.05 Å². The van der Waals surface area contributed by atoms with Crippen molar-refractivity contribution in [3.8, 4) is 11.5 Å². The van der Waals surface area contributed by atoms with Crippen molar-refractivity contribution in [3.63, 3.8) is 0 Å². The summed E-state index contributed by atoms with van der Waals surface area (Å²) in [6.45, 7) is 0. The van der Waals surface area contributed by atoms with Crippen LogP contribution in [0.3, 0.4) is 0 Å². The molecule has 1 saturated heterocycles. The Kier molecular flexibility index (Phi) is 4.11. The first-order valence-electron chi connectivity index (χ1n) is 7.22. The van der Waals surface area contributed by atoms with E-state index in [4.69, 9.17) is 4.74 Å². The SMILES string of the molecule is CN1C(=O)NC(=O)C(=Cc2ccc(Oc3ccccc3)cc2)C1=O. The number of likely N-dealkylation sites (N-methyl/N-ethyl adjacent to an activating group) is 1. The second-order valence-corrected chi connectivity index (χ2v) is 5.17. The standard InChI is InChI=1S/C18H14N2O4/c1-20-17(22)15(16(21)19-18(20)23)11-12-7-9-14(10-8-12)24-13-5-3-2-4-6-13/h2-11H,1H3,(H,19,21,23). The number of carbonyl (C=O) groups excluding carboxylic acids is 3. The molecular weight excluding hydrogens is 308 g/mol. The van der Waals surface area contributed by atoms with Crippen molar-refractivity contribution in [1.82, 2.24) is 10.2 Å². The number of para-hydroxylation sites is 1. The van der Waals surface area contributed by atoms with Gasteiger partial charge in [0.1, 0.15) is 17.1 Å². The Morgan fingerprint density at radius 3 is 2.21 bits per heavy atom. The molecule has 1 heterocycles. The Hall–Kier alpha value is -3.41. The molecule has 0 aliphatic carbocycles. The Bertz CT molecular complexity index is 826. The molecule has 0 spiro atoms. The summed E-state index contributed by atoms with van der Waals surface area (Å²) in [5.41, 5.74) is 0.561. The minimum atomic E-state index is -0.728. The fraction of sp³-hybridized carbons (Fsp3) is 0.0556. The van der Waals surface area contributed by atoms with Crippen LogP contribution in [0.4, 0.5) is 4.79 Å². The average Bonchev–Trinajstić information content (AvgIpc) is 2.59. The fourth-order valence-corrected chi connectivity index (χ4v) is 2.17. The van der Waals surface area contributed by atoms with Crippen molar-refractivity contribution < 1.29 is 19.1 Å². The summed E-state index contributed by atoms with van der Waals surface area (Å²) in [6.07, 6.45) is 1.44. The van der Waals surface area contributed by atoms with Crippen LogP contribution >= 0.6 is 0 Å². The zero-order valence-corrected chi connectivity index (χ0v) is 12.9. The lowest BCUT2D eigenvalue weighted by Gasteiger charge is -2.22. The zero-order valence-electron chi connectivity index (χ0n) is 12.9. The number of ether oxygens (including phenoxy) is 1. The second kappa shape index (κ2) is 6.37. The highest BCUT2D eigenvalue weighted by molar-refractivity contribution is 6.30. The molecule has 6 nitrogen and oxygen atoms in total. The van der Waals surface area contributed by atoms with Crippen LogP contribution in [0.2, 0.25) is 0 Å². The van der Waals surface area contributed by atoms with Crippen molar-refractivity contribution in [1.29, 1.82) is 0 Å². The molecule has 0 atom stereocenters. The number of amides is 4. The topological polar surface area (TPSA) is 75.7 Å². The maximum Gasteiger partial charge on any atom is 0.331 e. The van der Waals surface area contributed by atoms with Crippen molar-refractivity contribution in [2.45, 2.75) is 0 Å². The molecule has 1 N–H and O–H groups in total. The lowest BCUT2D eigenvalue weighted by atomic mass is 10.1. The molecule has 1 aliphatic rings. The third-order valence-electron chi connectivity index (χ3n) is 3.47. The van der Waals surface area contributed by atoms with Gasteiger partial charge in [0.2, 0.25) is 0 Å². The third kappa shape index (κ3) is 3.17. The van der Waals surface area contributed by atoms with Gasteiger partial charge in [0, 0.05) is 7.05 Å². The van der Waals surface area contributed by atoms with Gasteiger partial charge in [0.05, 0.1) is 0 Å². The Labute approximate surface area is 138 Å². The van der Waals surface area contributed by atoms with Gasteiger partial charge in [-0.3, -0.25) is 19.8 Å². The van der Waals surface area contributed by atoms with E-state index >= 15 is 0 Å². The van der Waals surface area contributed by atoms with Crippen LogP contribution in [0.25, 0.3) is 6.08 Å². The maximum atomic E-state index is 12.0. The first kappa shape index (κ1) is 15.5. The van der Waals surface area contributed by atoms with Crippen molar-refractivity contribution in [2.24, 2.45) is 0 Å². The van der Waals surface area contributed by atoms with Gasteiger partial charge in [-0.1, -0.05) is 30.3 Å². The summed E-state index contributed by atoms with van der Waals surface area (Å²) in [7, 11) is 1.31. The average molecular weight is 322 g/mol. The van der Waals surface area contributed by atoms with Gasteiger partial charge in [-0.25, -0.2) is 4.79 Å². The van der Waals surface area contributed by atoms with Gasteiger partial charge in [0.25, 0.3) is 11.8 Å². The highest BCUT2D eigenvalue weighted by Crippen LogP contribution is 2.22. The monoisotopic (exact) mass is 322 g/mol. The second-order valence-electron chi connectivity index (χ2n) is 5.17. The molecule has 0 unspecified atom stereocenters. The van der Waals surface area contributed by atoms with Crippen LogP contribution in [0.1, 0.15) is 5.56 Å². The summed E-state index contributed by atoms with van der Waals surface area (Å²) in [6, 6.07) is 15.5. The Balaban J connectivity index is 1.79. The molecule has 0 aromatic heterocycles. The van der Waals surface area contributed by atoms with Gasteiger partial charge in [0.15, 0.2) is 0 Å². The molecule has 3 rings (SSSR count). The van der Waals surface area contributed by atoms with Crippen LogP contribution in [0, 0.1) is 0 Å². The van der Waals surface area contributed by atoms with E-state index in [1.807, 2.05) is 30.3 Å². The quantitative estimate of drug-likeness (QED) is 0.696. The van der Waals surface area contributed by atoms with E-state index in [9.17, 15) is 14.4 Å². The molecule has 1 fully saturated rings. The van der Waals surface area contributed by atoms with Crippen LogP contribution in [0.15, 0.2) is 60.2 Å². The number of carbonyl (C=O) groups is 3. The van der Waals surface area contributed by atoms with Crippen LogP contribution in [0.5, 0.6) is 11.5 Å². The first-order chi connectivity index (χ1) is 11.5. The Morgan fingerprint density at radius 2 is 1.54 bits per heavy atom. The summed E-state index contributed by atoms with van der Waals surface area (Å²) < 4.78 is 5.68. The van der Waals surface area contributed by atoms with Crippen LogP contribution in [-0.2, 0) is 9.59 Å². The zero-order chi connectivity index (χ0) is 17.1. The van der Waals surface area contributed by atoms with Gasteiger partial charge in [-0.15, -0.1) is 0 Å². The van der Waals surface area contributed by atoms with E-state index in [2.05, 4.69) is 5.32 Å². The molecule has 120 valence electrons. The number of hydrogen-bond acceptors (Lipinski definition) is 4. The van der Waals surface area contributed by atoms with Crippen molar-refractivity contribution in [3.05, 3.63) is 65.7 Å². The number of imide groups is 2. The van der Waals surface area contributed by atoms with E-state index in [-0.39, 0.29) is 5.57 Å². The normalized spacial score (nSPS) is 16.3. The van der Waals surface area contributed by atoms with E-state index in [1.165, 1.54) is 13.1 Å². The van der Waals surface area contributed by atoms with E-state index in [0.29, 0.717) is 17.1 Å². The number of hydrogen-bond donors (Lipinski definition) is 1. The summed E-state index contributed by atoms with van der Waals surface area (Å²) in [4.78, 5) is 36.0. The molecule has 4 amide bonds. The van der Waals surface area contributed by atoms with Gasteiger partial charge < -0.3 is 4.74 Å². The molecule has 2 aromatic rings. The van der Waals surface area contributed by atoms with Gasteiger partial charge >= 0.3 is 6.03 Å². The molecule has 0 saturated carbocycles. The minimum absolute atomic E-state index is 0.0890. The summed E-state index contributed by atoms with van der Waals surface area (Å²) in [5.74, 6) is 0.0155. The van der Waals surface area contributed by atoms with Gasteiger partial charge in [-0.05, 0) is 35.9 Å².